The van der Waals surface area contributed by atoms with E-state index in [9.17, 15) is 10.1 Å². The molecule has 6 heteroatoms. The Labute approximate surface area is 115 Å². The van der Waals surface area contributed by atoms with Crippen LogP contribution in [0.15, 0.2) is 42.5 Å². The van der Waals surface area contributed by atoms with Gasteiger partial charge < -0.3 is 11.1 Å². The molecule has 0 saturated carbocycles. The minimum atomic E-state index is -0.446. The summed E-state index contributed by atoms with van der Waals surface area (Å²) in [5.41, 5.74) is 7.16. The van der Waals surface area contributed by atoms with Crippen LogP contribution >= 0.6 is 11.6 Å². The second-order valence-corrected chi connectivity index (χ2v) is 4.32. The molecular formula is C13H12ClN3O2. The summed E-state index contributed by atoms with van der Waals surface area (Å²) in [6.45, 7) is 0.257. The Morgan fingerprint density at radius 2 is 1.95 bits per heavy atom. The van der Waals surface area contributed by atoms with Gasteiger partial charge in [0.25, 0.3) is 5.69 Å². The minimum Gasteiger partial charge on any atom is -0.349 e. The average Bonchev–Trinajstić information content (AvgIpc) is 2.41. The van der Waals surface area contributed by atoms with Crippen molar-refractivity contribution >= 4 is 28.7 Å². The van der Waals surface area contributed by atoms with Crippen LogP contribution < -0.4 is 11.1 Å². The molecule has 0 radical (unpaired) electrons. The van der Waals surface area contributed by atoms with Crippen molar-refractivity contribution in [3.8, 4) is 0 Å². The van der Waals surface area contributed by atoms with E-state index in [2.05, 4.69) is 5.32 Å². The van der Waals surface area contributed by atoms with Crippen molar-refractivity contribution in [1.82, 2.24) is 0 Å². The zero-order chi connectivity index (χ0) is 13.8. The van der Waals surface area contributed by atoms with E-state index in [4.69, 9.17) is 17.3 Å². The Kier molecular flexibility index (Phi) is 3.99. The highest BCUT2D eigenvalue weighted by molar-refractivity contribution is 6.33. The van der Waals surface area contributed by atoms with E-state index < -0.39 is 4.92 Å². The summed E-state index contributed by atoms with van der Waals surface area (Å²) >= 11 is 6.01. The number of rotatable bonds is 4. The van der Waals surface area contributed by atoms with E-state index in [0.717, 1.165) is 0 Å². The number of hydrogen-bond donors (Lipinski definition) is 2. The summed E-state index contributed by atoms with van der Waals surface area (Å²) < 4.78 is 0. The standard InChI is InChI=1S/C13H12ClN3O2/c14-10-3-1-2-4-11(10)16-12-6-5-9(8-15)7-13(12)17(18)19/h1-7,16H,8,15H2. The lowest BCUT2D eigenvalue weighted by atomic mass is 10.1. The van der Waals surface area contributed by atoms with Crippen LogP contribution in [0.1, 0.15) is 5.56 Å². The van der Waals surface area contributed by atoms with Gasteiger partial charge in [0.2, 0.25) is 0 Å². The Morgan fingerprint density at radius 3 is 2.58 bits per heavy atom. The lowest BCUT2D eigenvalue weighted by Gasteiger charge is -2.09. The fourth-order valence-electron chi connectivity index (χ4n) is 1.67. The van der Waals surface area contributed by atoms with E-state index in [1.54, 1.807) is 36.4 Å². The fourth-order valence-corrected chi connectivity index (χ4v) is 1.85. The number of anilines is 2. The maximum Gasteiger partial charge on any atom is 0.292 e. The van der Waals surface area contributed by atoms with E-state index in [1.165, 1.54) is 6.07 Å². The number of nitrogens with one attached hydrogen (secondary N) is 1. The SMILES string of the molecule is NCc1ccc(Nc2ccccc2Cl)c([N+](=O)[O-])c1. The smallest absolute Gasteiger partial charge is 0.292 e. The number of nitrogens with zero attached hydrogens (tertiary/aromatic N) is 1. The average molecular weight is 278 g/mol. The Balaban J connectivity index is 2.40. The van der Waals surface area contributed by atoms with Crippen molar-refractivity contribution in [3.05, 3.63) is 63.2 Å². The maximum absolute atomic E-state index is 11.1. The van der Waals surface area contributed by atoms with E-state index in [-0.39, 0.29) is 12.2 Å². The van der Waals surface area contributed by atoms with Gasteiger partial charge >= 0.3 is 0 Å². The molecule has 0 aromatic heterocycles. The van der Waals surface area contributed by atoms with Gasteiger partial charge in [-0.15, -0.1) is 0 Å². The third-order valence-electron chi connectivity index (χ3n) is 2.64. The first-order valence-electron chi connectivity index (χ1n) is 5.60. The number of nitrogens with two attached hydrogens (primary N) is 1. The maximum atomic E-state index is 11.1. The lowest BCUT2D eigenvalue weighted by molar-refractivity contribution is -0.384. The topological polar surface area (TPSA) is 81.2 Å². The van der Waals surface area contributed by atoms with Crippen LogP contribution in [-0.2, 0) is 6.54 Å². The van der Waals surface area contributed by atoms with Crippen molar-refractivity contribution in [2.24, 2.45) is 5.73 Å². The molecule has 0 bridgehead atoms. The van der Waals surface area contributed by atoms with Crippen LogP contribution in [-0.4, -0.2) is 4.92 Å². The number of hydrogen-bond acceptors (Lipinski definition) is 4. The molecule has 0 heterocycles. The molecule has 0 spiro atoms. The first-order valence-corrected chi connectivity index (χ1v) is 5.98. The van der Waals surface area contributed by atoms with E-state index in [1.807, 2.05) is 0 Å². The largest absolute Gasteiger partial charge is 0.349 e. The molecule has 3 N–H and O–H groups in total. The molecule has 0 unspecified atom stereocenters. The van der Waals surface area contributed by atoms with Crippen molar-refractivity contribution in [2.45, 2.75) is 6.54 Å². The summed E-state index contributed by atoms with van der Waals surface area (Å²) in [5.74, 6) is 0. The number of nitro groups is 1. The summed E-state index contributed by atoms with van der Waals surface area (Å²) in [4.78, 5) is 10.6. The summed E-state index contributed by atoms with van der Waals surface area (Å²) in [6.07, 6.45) is 0. The van der Waals surface area contributed by atoms with Gasteiger partial charge in [0.15, 0.2) is 0 Å². The number of para-hydroxylation sites is 1. The zero-order valence-electron chi connectivity index (χ0n) is 9.97. The molecule has 0 saturated heterocycles. The molecular weight excluding hydrogens is 266 g/mol. The Hall–Kier alpha value is -2.11. The van der Waals surface area contributed by atoms with Gasteiger partial charge in [0.05, 0.1) is 15.6 Å². The Morgan fingerprint density at radius 1 is 1.21 bits per heavy atom. The molecule has 2 aromatic rings. The predicted molar refractivity (Wildman–Crippen MR) is 75.7 cm³/mol. The molecule has 0 aliphatic rings. The van der Waals surface area contributed by atoms with Crippen molar-refractivity contribution < 1.29 is 4.92 Å². The highest BCUT2D eigenvalue weighted by atomic mass is 35.5. The van der Waals surface area contributed by atoms with Crippen LogP contribution in [0.5, 0.6) is 0 Å². The molecule has 0 aliphatic carbocycles. The van der Waals surface area contributed by atoms with Crippen LogP contribution in [0.25, 0.3) is 0 Å². The van der Waals surface area contributed by atoms with Gasteiger partial charge in [0, 0.05) is 12.6 Å². The van der Waals surface area contributed by atoms with Crippen molar-refractivity contribution in [1.29, 1.82) is 0 Å². The molecule has 2 aromatic carbocycles. The van der Waals surface area contributed by atoms with E-state index >= 15 is 0 Å². The highest BCUT2D eigenvalue weighted by Gasteiger charge is 2.15. The van der Waals surface area contributed by atoms with Crippen molar-refractivity contribution in [2.75, 3.05) is 5.32 Å². The quantitative estimate of drug-likeness (QED) is 0.662. The predicted octanol–water partition coefficient (Wildman–Crippen LogP) is 3.45. The lowest BCUT2D eigenvalue weighted by Crippen LogP contribution is -2.01. The minimum absolute atomic E-state index is 0.0251. The van der Waals surface area contributed by atoms with Crippen LogP contribution in [0, 0.1) is 10.1 Å². The third kappa shape index (κ3) is 3.01. The van der Waals surface area contributed by atoms with Crippen LogP contribution in [0.2, 0.25) is 5.02 Å². The zero-order valence-corrected chi connectivity index (χ0v) is 10.7. The van der Waals surface area contributed by atoms with E-state index in [0.29, 0.717) is 22.0 Å². The number of halogens is 1. The van der Waals surface area contributed by atoms with Crippen LogP contribution in [0.3, 0.4) is 0 Å². The molecule has 19 heavy (non-hydrogen) atoms. The first kappa shape index (κ1) is 13.3. The second-order valence-electron chi connectivity index (χ2n) is 3.92. The van der Waals surface area contributed by atoms with Gasteiger partial charge in [-0.2, -0.15) is 0 Å². The van der Waals surface area contributed by atoms with Crippen LogP contribution in [0.4, 0.5) is 17.1 Å². The third-order valence-corrected chi connectivity index (χ3v) is 2.97. The molecule has 0 atom stereocenters. The summed E-state index contributed by atoms with van der Waals surface area (Å²) in [5, 5.41) is 14.5. The molecule has 0 aliphatic heterocycles. The van der Waals surface area contributed by atoms with Gasteiger partial charge in [0.1, 0.15) is 5.69 Å². The molecule has 2 rings (SSSR count). The normalized spacial score (nSPS) is 10.2. The Bertz CT molecular complexity index is 617. The summed E-state index contributed by atoms with van der Waals surface area (Å²) in [6, 6.07) is 11.9. The van der Waals surface area contributed by atoms with Gasteiger partial charge in [-0.25, -0.2) is 0 Å². The monoisotopic (exact) mass is 277 g/mol. The first-order chi connectivity index (χ1) is 9.11. The molecule has 0 fully saturated rings. The highest BCUT2D eigenvalue weighted by Crippen LogP contribution is 2.31. The van der Waals surface area contributed by atoms with Gasteiger partial charge in [-0.05, 0) is 23.8 Å². The molecule has 5 nitrogen and oxygen atoms in total. The second kappa shape index (κ2) is 5.69. The van der Waals surface area contributed by atoms with Crippen molar-refractivity contribution in [3.63, 3.8) is 0 Å². The van der Waals surface area contributed by atoms with Gasteiger partial charge in [-0.3, -0.25) is 10.1 Å². The number of benzene rings is 2. The summed E-state index contributed by atoms with van der Waals surface area (Å²) in [7, 11) is 0. The fraction of sp³-hybridized carbons (Fsp3) is 0.0769. The molecule has 98 valence electrons. The van der Waals surface area contributed by atoms with Gasteiger partial charge in [-0.1, -0.05) is 29.8 Å². The molecule has 0 amide bonds. The number of nitro benzene ring substituents is 1.